The van der Waals surface area contributed by atoms with Crippen molar-refractivity contribution in [2.75, 3.05) is 10.2 Å². The first-order valence-corrected chi connectivity index (χ1v) is 13.5. The number of sulfone groups is 1. The van der Waals surface area contributed by atoms with Crippen LogP contribution < -0.4 is 10.2 Å². The molecule has 204 valence electrons. The molecule has 1 N–H and O–H groups in total. The Labute approximate surface area is 217 Å². The van der Waals surface area contributed by atoms with E-state index in [0.717, 1.165) is 49.1 Å². The summed E-state index contributed by atoms with van der Waals surface area (Å²) in [6, 6.07) is 4.26. The van der Waals surface area contributed by atoms with E-state index in [-0.39, 0.29) is 24.1 Å². The van der Waals surface area contributed by atoms with Crippen LogP contribution in [0.4, 0.5) is 29.3 Å². The molecule has 4 rings (SSSR count). The van der Waals surface area contributed by atoms with Crippen LogP contribution in [0.2, 0.25) is 0 Å². The summed E-state index contributed by atoms with van der Waals surface area (Å²) in [5, 5.41) is 2.90. The highest BCUT2D eigenvalue weighted by Crippen LogP contribution is 2.36. The molecule has 2 heterocycles. The van der Waals surface area contributed by atoms with Gasteiger partial charge in [-0.25, -0.2) is 18.1 Å². The normalized spacial score (nSPS) is 18.7. The van der Waals surface area contributed by atoms with E-state index in [9.17, 15) is 36.0 Å². The Morgan fingerprint density at radius 2 is 1.71 bits per heavy atom. The number of pyridine rings is 1. The molecule has 4 amide bonds. The minimum atomic E-state index is -5.58. The molecule has 1 aliphatic heterocycles. The summed E-state index contributed by atoms with van der Waals surface area (Å²) in [5.74, 6) is -0.879. The smallest absolute Gasteiger partial charge is 0.324 e. The number of urea groups is 1. The molecular formula is C25H27F3N4O5S. The molecule has 1 saturated carbocycles. The maximum atomic E-state index is 13.4. The summed E-state index contributed by atoms with van der Waals surface area (Å²) in [6.07, 6.45) is 7.63. The Morgan fingerprint density at radius 1 is 1.08 bits per heavy atom. The zero-order valence-corrected chi connectivity index (χ0v) is 21.6. The number of nitrogens with one attached hydrogen (secondary N) is 1. The number of carbonyl (C=O) groups excluding carboxylic acids is 3. The van der Waals surface area contributed by atoms with Crippen molar-refractivity contribution in [1.29, 1.82) is 0 Å². The van der Waals surface area contributed by atoms with Gasteiger partial charge >= 0.3 is 11.5 Å². The largest absolute Gasteiger partial charge is 0.501 e. The molecular weight excluding hydrogens is 525 g/mol. The van der Waals surface area contributed by atoms with Crippen molar-refractivity contribution in [3.63, 3.8) is 0 Å². The second-order valence-electron chi connectivity index (χ2n) is 9.87. The lowest BCUT2D eigenvalue weighted by Crippen LogP contribution is -2.43. The number of benzene rings is 1. The number of amides is 4. The average Bonchev–Trinajstić information content (AvgIpc) is 3.04. The van der Waals surface area contributed by atoms with Crippen molar-refractivity contribution in [2.45, 2.75) is 68.4 Å². The maximum Gasteiger partial charge on any atom is 0.501 e. The highest BCUT2D eigenvalue weighted by atomic mass is 32.2. The molecule has 0 radical (unpaired) electrons. The second kappa shape index (κ2) is 10.0. The summed E-state index contributed by atoms with van der Waals surface area (Å²) in [6.45, 7) is 2.99. The molecule has 1 aromatic carbocycles. The fraction of sp³-hybridized carbons (Fsp3) is 0.440. The lowest BCUT2D eigenvalue weighted by Gasteiger charge is -2.28. The zero-order chi connectivity index (χ0) is 27.9. The molecule has 2 aliphatic rings. The summed E-state index contributed by atoms with van der Waals surface area (Å²) in [5.41, 5.74) is -5.94. The Morgan fingerprint density at radius 3 is 2.32 bits per heavy atom. The molecule has 0 bridgehead atoms. The number of alkyl halides is 3. The van der Waals surface area contributed by atoms with Crippen molar-refractivity contribution < 1.29 is 36.0 Å². The van der Waals surface area contributed by atoms with Gasteiger partial charge in [0.1, 0.15) is 5.54 Å². The van der Waals surface area contributed by atoms with Crippen LogP contribution in [-0.2, 0) is 26.0 Å². The van der Waals surface area contributed by atoms with Gasteiger partial charge in [-0.2, -0.15) is 13.2 Å². The third-order valence-electron chi connectivity index (χ3n) is 7.01. The minimum Gasteiger partial charge on any atom is -0.324 e. The highest BCUT2D eigenvalue weighted by molar-refractivity contribution is 7.92. The number of anilines is 2. The highest BCUT2D eigenvalue weighted by Gasteiger charge is 2.52. The zero-order valence-electron chi connectivity index (χ0n) is 20.8. The van der Waals surface area contributed by atoms with Crippen LogP contribution in [0.15, 0.2) is 47.6 Å². The number of hydrogen-bond donors (Lipinski definition) is 1. The molecule has 1 aliphatic carbocycles. The van der Waals surface area contributed by atoms with Crippen molar-refractivity contribution in [3.05, 3.63) is 48.3 Å². The van der Waals surface area contributed by atoms with Crippen LogP contribution in [0.5, 0.6) is 0 Å². The van der Waals surface area contributed by atoms with E-state index in [2.05, 4.69) is 10.3 Å². The van der Waals surface area contributed by atoms with Crippen molar-refractivity contribution >= 4 is 39.1 Å². The van der Waals surface area contributed by atoms with E-state index in [4.69, 9.17) is 0 Å². The Kier molecular flexibility index (Phi) is 7.26. The van der Waals surface area contributed by atoms with E-state index in [1.807, 2.05) is 0 Å². The van der Waals surface area contributed by atoms with Gasteiger partial charge in [-0.15, -0.1) is 0 Å². The average molecular weight is 553 g/mol. The Bertz CT molecular complexity index is 1350. The number of imide groups is 1. The molecule has 9 nitrogen and oxygen atoms in total. The topological polar surface area (TPSA) is 117 Å². The van der Waals surface area contributed by atoms with E-state index in [0.29, 0.717) is 23.4 Å². The summed E-state index contributed by atoms with van der Waals surface area (Å²) < 4.78 is 62.0. The van der Waals surface area contributed by atoms with Gasteiger partial charge in [0.05, 0.1) is 29.0 Å². The summed E-state index contributed by atoms with van der Waals surface area (Å²) in [7, 11) is -5.58. The number of nitrogens with zero attached hydrogens (tertiary/aromatic N) is 3. The monoisotopic (exact) mass is 552 g/mol. The minimum absolute atomic E-state index is 0.0581. The number of aromatic nitrogens is 1. The number of carbonyl (C=O) groups is 3. The van der Waals surface area contributed by atoms with Crippen LogP contribution in [0.1, 0.15) is 51.5 Å². The maximum absolute atomic E-state index is 13.4. The van der Waals surface area contributed by atoms with Gasteiger partial charge in [0, 0.05) is 12.1 Å². The van der Waals surface area contributed by atoms with Gasteiger partial charge in [-0.05, 0) is 62.6 Å². The number of rotatable bonds is 6. The van der Waals surface area contributed by atoms with Crippen LogP contribution in [0.3, 0.4) is 0 Å². The van der Waals surface area contributed by atoms with E-state index >= 15 is 0 Å². The second-order valence-corrected chi connectivity index (χ2v) is 11.8. The third kappa shape index (κ3) is 4.98. The Hall–Kier alpha value is -3.48. The standard InChI is InChI=1S/C25H27F3N4O5S/c1-24(2)22(34)32(18-8-10-19(11-9-18)38(36,37)25(26,27)28)23(35)31(24)15-17-12-13-29-14-20(17)30-21(33)16-6-4-3-5-7-16/h8-14,16H,3-7,15H2,1-2H3,(H,30,33). The van der Waals surface area contributed by atoms with Crippen LogP contribution in [0.25, 0.3) is 0 Å². The summed E-state index contributed by atoms with van der Waals surface area (Å²) in [4.78, 5) is 44.6. The molecule has 38 heavy (non-hydrogen) atoms. The van der Waals surface area contributed by atoms with Crippen molar-refractivity contribution in [1.82, 2.24) is 9.88 Å². The molecule has 2 fully saturated rings. The quantitative estimate of drug-likeness (QED) is 0.522. The number of hydrogen-bond acceptors (Lipinski definition) is 6. The van der Waals surface area contributed by atoms with Crippen LogP contribution >= 0.6 is 0 Å². The fourth-order valence-corrected chi connectivity index (χ4v) is 5.44. The Balaban J connectivity index is 1.57. The summed E-state index contributed by atoms with van der Waals surface area (Å²) >= 11 is 0. The molecule has 2 aromatic rings. The molecule has 13 heteroatoms. The predicted molar refractivity (Wildman–Crippen MR) is 132 cm³/mol. The van der Waals surface area contributed by atoms with Crippen LogP contribution in [-0.4, -0.2) is 47.2 Å². The first-order valence-electron chi connectivity index (χ1n) is 12.1. The molecule has 0 spiro atoms. The molecule has 1 saturated heterocycles. The lowest BCUT2D eigenvalue weighted by molar-refractivity contribution is -0.123. The van der Waals surface area contributed by atoms with Crippen molar-refractivity contribution in [2.24, 2.45) is 5.92 Å². The van der Waals surface area contributed by atoms with Gasteiger partial charge in [0.15, 0.2) is 0 Å². The van der Waals surface area contributed by atoms with Gasteiger partial charge in [-0.1, -0.05) is 19.3 Å². The van der Waals surface area contributed by atoms with Gasteiger partial charge < -0.3 is 10.2 Å². The first kappa shape index (κ1) is 27.6. The van der Waals surface area contributed by atoms with Crippen molar-refractivity contribution in [3.8, 4) is 0 Å². The number of halogens is 3. The molecule has 0 atom stereocenters. The van der Waals surface area contributed by atoms with Gasteiger partial charge in [0.2, 0.25) is 5.91 Å². The van der Waals surface area contributed by atoms with E-state index in [1.54, 1.807) is 6.07 Å². The van der Waals surface area contributed by atoms with Gasteiger partial charge in [0.25, 0.3) is 15.7 Å². The van der Waals surface area contributed by atoms with E-state index < -0.39 is 37.7 Å². The molecule has 0 unspecified atom stereocenters. The lowest BCUT2D eigenvalue weighted by atomic mass is 9.88. The third-order valence-corrected chi connectivity index (χ3v) is 8.51. The predicted octanol–water partition coefficient (Wildman–Crippen LogP) is 4.64. The van der Waals surface area contributed by atoms with Crippen LogP contribution in [0, 0.1) is 5.92 Å². The molecule has 1 aromatic heterocycles. The first-order chi connectivity index (χ1) is 17.7. The SMILES string of the molecule is CC1(C)C(=O)N(c2ccc(S(=O)(=O)C(F)(F)F)cc2)C(=O)N1Cc1ccncc1NC(=O)C1CCCCC1. The van der Waals surface area contributed by atoms with Gasteiger partial charge in [-0.3, -0.25) is 14.6 Å². The van der Waals surface area contributed by atoms with E-state index in [1.165, 1.54) is 31.1 Å². The fourth-order valence-electron chi connectivity index (χ4n) is 4.68.